The molecular weight excluding hydrogens is 254 g/mol. The number of carbonyl (C=O) groups is 2. The number of amides is 2. The minimum absolute atomic E-state index is 0. The van der Waals surface area contributed by atoms with Gasteiger partial charge in [0.2, 0.25) is 11.8 Å². The molecule has 1 heterocycles. The molecule has 1 aliphatic rings. The van der Waals surface area contributed by atoms with Crippen LogP contribution in [0.2, 0.25) is 0 Å². The van der Waals surface area contributed by atoms with Gasteiger partial charge in [0.15, 0.2) is 0 Å². The van der Waals surface area contributed by atoms with Crippen LogP contribution in [0.4, 0.5) is 0 Å². The Morgan fingerprint density at radius 3 is 2.67 bits per heavy atom. The number of nitrogens with one attached hydrogen (secondary N) is 1. The SMILES string of the molecule is CCCNC(=O)CCCC(=O)N1CC[C@@H](N)C1.Cl. The maximum absolute atomic E-state index is 11.7. The number of halogens is 1. The number of nitrogens with zero attached hydrogens (tertiary/aromatic N) is 1. The van der Waals surface area contributed by atoms with E-state index in [9.17, 15) is 9.59 Å². The highest BCUT2D eigenvalue weighted by Crippen LogP contribution is 2.10. The Bertz CT molecular complexity index is 274. The standard InChI is InChI=1S/C12H23N3O2.ClH/c1-2-7-14-11(16)4-3-5-12(17)15-8-6-10(13)9-15;/h10H,2-9,13H2,1H3,(H,14,16);1H/t10-;/m1./s1. The zero-order valence-electron chi connectivity index (χ0n) is 11.0. The van der Waals surface area contributed by atoms with Gasteiger partial charge < -0.3 is 16.0 Å². The second-order valence-electron chi connectivity index (χ2n) is 4.59. The molecule has 0 saturated carbocycles. The van der Waals surface area contributed by atoms with Crippen LogP contribution < -0.4 is 11.1 Å². The van der Waals surface area contributed by atoms with Crippen molar-refractivity contribution in [3.8, 4) is 0 Å². The van der Waals surface area contributed by atoms with E-state index in [2.05, 4.69) is 5.32 Å². The summed E-state index contributed by atoms with van der Waals surface area (Å²) in [6.45, 7) is 4.16. The largest absolute Gasteiger partial charge is 0.356 e. The molecule has 1 rings (SSSR count). The van der Waals surface area contributed by atoms with E-state index in [1.54, 1.807) is 4.90 Å². The Hall–Kier alpha value is -0.810. The fourth-order valence-electron chi connectivity index (χ4n) is 1.92. The molecule has 0 aromatic rings. The molecule has 18 heavy (non-hydrogen) atoms. The van der Waals surface area contributed by atoms with Crippen molar-refractivity contribution in [2.45, 2.75) is 45.1 Å². The van der Waals surface area contributed by atoms with Gasteiger partial charge in [0.1, 0.15) is 0 Å². The van der Waals surface area contributed by atoms with Gasteiger partial charge in [-0.25, -0.2) is 0 Å². The van der Waals surface area contributed by atoms with Crippen LogP contribution in [-0.2, 0) is 9.59 Å². The molecule has 0 aromatic heterocycles. The third-order valence-corrected chi connectivity index (χ3v) is 2.94. The molecule has 3 N–H and O–H groups in total. The molecule has 0 unspecified atom stereocenters. The molecule has 2 amide bonds. The lowest BCUT2D eigenvalue weighted by Crippen LogP contribution is -2.32. The predicted octanol–water partition coefficient (Wildman–Crippen LogP) is 0.664. The summed E-state index contributed by atoms with van der Waals surface area (Å²) in [6.07, 6.45) is 3.34. The number of carbonyl (C=O) groups excluding carboxylic acids is 2. The van der Waals surface area contributed by atoms with Crippen LogP contribution in [0.3, 0.4) is 0 Å². The van der Waals surface area contributed by atoms with Crippen LogP contribution in [-0.4, -0.2) is 42.4 Å². The van der Waals surface area contributed by atoms with E-state index in [0.29, 0.717) is 32.4 Å². The Morgan fingerprint density at radius 1 is 1.39 bits per heavy atom. The first-order chi connectivity index (χ1) is 8.13. The summed E-state index contributed by atoms with van der Waals surface area (Å²) in [5.41, 5.74) is 5.74. The number of hydrogen-bond acceptors (Lipinski definition) is 3. The molecule has 1 atom stereocenters. The molecule has 6 heteroatoms. The van der Waals surface area contributed by atoms with Crippen LogP contribution >= 0.6 is 12.4 Å². The molecule has 1 fully saturated rings. The van der Waals surface area contributed by atoms with Gasteiger partial charge >= 0.3 is 0 Å². The Morgan fingerprint density at radius 2 is 2.11 bits per heavy atom. The van der Waals surface area contributed by atoms with Crippen LogP contribution in [0.25, 0.3) is 0 Å². The maximum atomic E-state index is 11.7. The Balaban J connectivity index is 0.00000289. The number of nitrogens with two attached hydrogens (primary N) is 1. The predicted molar refractivity (Wildman–Crippen MR) is 73.6 cm³/mol. The first-order valence-electron chi connectivity index (χ1n) is 6.43. The van der Waals surface area contributed by atoms with Gasteiger partial charge in [-0.3, -0.25) is 9.59 Å². The van der Waals surface area contributed by atoms with Crippen molar-refractivity contribution < 1.29 is 9.59 Å². The molecule has 0 spiro atoms. The van der Waals surface area contributed by atoms with Crippen molar-refractivity contribution in [2.75, 3.05) is 19.6 Å². The zero-order valence-corrected chi connectivity index (χ0v) is 11.8. The average Bonchev–Trinajstić information content (AvgIpc) is 2.73. The lowest BCUT2D eigenvalue weighted by atomic mass is 10.2. The summed E-state index contributed by atoms with van der Waals surface area (Å²) in [6, 6.07) is 0.131. The minimum atomic E-state index is 0. The third kappa shape index (κ3) is 6.21. The Labute approximate surface area is 115 Å². The molecule has 0 aromatic carbocycles. The van der Waals surface area contributed by atoms with E-state index < -0.39 is 0 Å². The second-order valence-corrected chi connectivity index (χ2v) is 4.59. The van der Waals surface area contributed by atoms with Gasteiger partial charge in [0.25, 0.3) is 0 Å². The van der Waals surface area contributed by atoms with E-state index >= 15 is 0 Å². The molecule has 5 nitrogen and oxygen atoms in total. The topological polar surface area (TPSA) is 75.4 Å². The molecule has 1 aliphatic heterocycles. The summed E-state index contributed by atoms with van der Waals surface area (Å²) in [7, 11) is 0. The quantitative estimate of drug-likeness (QED) is 0.749. The van der Waals surface area contributed by atoms with E-state index in [4.69, 9.17) is 5.73 Å². The van der Waals surface area contributed by atoms with Crippen molar-refractivity contribution in [2.24, 2.45) is 5.73 Å². The average molecular weight is 278 g/mol. The summed E-state index contributed by atoms with van der Waals surface area (Å²) in [4.78, 5) is 24.8. The normalized spacial score (nSPS) is 18.3. The Kier molecular flexibility index (Phi) is 8.75. The van der Waals surface area contributed by atoms with Crippen LogP contribution in [0.1, 0.15) is 39.0 Å². The fourth-order valence-corrected chi connectivity index (χ4v) is 1.92. The number of likely N-dealkylation sites (tertiary alicyclic amines) is 1. The molecule has 1 saturated heterocycles. The van der Waals surface area contributed by atoms with E-state index in [-0.39, 0.29) is 30.3 Å². The number of hydrogen-bond donors (Lipinski definition) is 2. The lowest BCUT2D eigenvalue weighted by Gasteiger charge is -2.15. The van der Waals surface area contributed by atoms with Gasteiger partial charge in [0, 0.05) is 38.5 Å². The van der Waals surface area contributed by atoms with Gasteiger partial charge in [-0.2, -0.15) is 0 Å². The summed E-state index contributed by atoms with van der Waals surface area (Å²) in [5.74, 6) is 0.166. The van der Waals surface area contributed by atoms with Crippen molar-refractivity contribution in [3.05, 3.63) is 0 Å². The molecule has 0 radical (unpaired) electrons. The summed E-state index contributed by atoms with van der Waals surface area (Å²) < 4.78 is 0. The van der Waals surface area contributed by atoms with Crippen molar-refractivity contribution in [1.82, 2.24) is 10.2 Å². The highest BCUT2D eigenvalue weighted by molar-refractivity contribution is 5.85. The second kappa shape index (κ2) is 9.16. The molecular formula is C12H24ClN3O2. The molecule has 0 aliphatic carbocycles. The third-order valence-electron chi connectivity index (χ3n) is 2.94. The molecule has 0 bridgehead atoms. The van der Waals surface area contributed by atoms with E-state index in [1.165, 1.54) is 0 Å². The fraction of sp³-hybridized carbons (Fsp3) is 0.833. The summed E-state index contributed by atoms with van der Waals surface area (Å²) >= 11 is 0. The highest BCUT2D eigenvalue weighted by atomic mass is 35.5. The van der Waals surface area contributed by atoms with Crippen molar-refractivity contribution in [3.63, 3.8) is 0 Å². The number of rotatable bonds is 6. The highest BCUT2D eigenvalue weighted by Gasteiger charge is 2.22. The monoisotopic (exact) mass is 277 g/mol. The van der Waals surface area contributed by atoms with Crippen LogP contribution in [0, 0.1) is 0 Å². The van der Waals surface area contributed by atoms with Gasteiger partial charge in [-0.05, 0) is 19.3 Å². The summed E-state index contributed by atoms with van der Waals surface area (Å²) in [5, 5.41) is 2.80. The first kappa shape index (κ1) is 17.2. The van der Waals surface area contributed by atoms with Gasteiger partial charge in [0.05, 0.1) is 0 Å². The van der Waals surface area contributed by atoms with Gasteiger partial charge in [-0.15, -0.1) is 12.4 Å². The minimum Gasteiger partial charge on any atom is -0.356 e. The van der Waals surface area contributed by atoms with E-state index in [1.807, 2.05) is 6.92 Å². The lowest BCUT2D eigenvalue weighted by molar-refractivity contribution is -0.130. The van der Waals surface area contributed by atoms with Crippen molar-refractivity contribution in [1.29, 1.82) is 0 Å². The van der Waals surface area contributed by atoms with E-state index in [0.717, 1.165) is 19.4 Å². The van der Waals surface area contributed by atoms with Crippen molar-refractivity contribution >= 4 is 24.2 Å². The smallest absolute Gasteiger partial charge is 0.222 e. The van der Waals surface area contributed by atoms with Crippen LogP contribution in [0.15, 0.2) is 0 Å². The van der Waals surface area contributed by atoms with Crippen LogP contribution in [0.5, 0.6) is 0 Å². The zero-order chi connectivity index (χ0) is 12.7. The first-order valence-corrected chi connectivity index (χ1v) is 6.43. The molecule has 106 valence electrons. The maximum Gasteiger partial charge on any atom is 0.222 e. The van der Waals surface area contributed by atoms with Gasteiger partial charge in [-0.1, -0.05) is 6.92 Å².